The van der Waals surface area contributed by atoms with Gasteiger partial charge in [-0.05, 0) is 64.2 Å². The van der Waals surface area contributed by atoms with Crippen molar-refractivity contribution in [1.29, 1.82) is 0 Å². The summed E-state index contributed by atoms with van der Waals surface area (Å²) in [5.41, 5.74) is 3.33. The largest absolute Gasteiger partial charge is 0.307 e. The van der Waals surface area contributed by atoms with E-state index in [2.05, 4.69) is 54.4 Å². The van der Waals surface area contributed by atoms with Gasteiger partial charge in [-0.25, -0.2) is 0 Å². The molecule has 3 heterocycles. The minimum atomic E-state index is 0.144. The fourth-order valence-corrected chi connectivity index (χ4v) is 6.13. The molecule has 0 unspecified atom stereocenters. The lowest BCUT2D eigenvalue weighted by Crippen LogP contribution is -2.58. The van der Waals surface area contributed by atoms with Crippen molar-refractivity contribution in [3.63, 3.8) is 0 Å². The summed E-state index contributed by atoms with van der Waals surface area (Å²) in [5, 5.41) is 19.6. The van der Waals surface area contributed by atoms with Gasteiger partial charge < -0.3 is 5.32 Å². The predicted molar refractivity (Wildman–Crippen MR) is 120 cm³/mol. The van der Waals surface area contributed by atoms with Gasteiger partial charge in [-0.2, -0.15) is 5.10 Å². The first-order valence-electron chi connectivity index (χ1n) is 10.0. The summed E-state index contributed by atoms with van der Waals surface area (Å²) in [6.07, 6.45) is 7.09. The zero-order valence-electron chi connectivity index (χ0n) is 17.7. The van der Waals surface area contributed by atoms with E-state index >= 15 is 0 Å². The maximum Gasteiger partial charge on any atom is 0.149 e. The Kier molecular flexibility index (Phi) is 5.30. The van der Waals surface area contributed by atoms with Gasteiger partial charge in [0.2, 0.25) is 0 Å². The van der Waals surface area contributed by atoms with Crippen molar-refractivity contribution in [2.24, 2.45) is 13.0 Å². The zero-order valence-corrected chi connectivity index (χ0v) is 19.2. The highest BCUT2D eigenvalue weighted by molar-refractivity contribution is 7.14. The summed E-state index contributed by atoms with van der Waals surface area (Å²) >= 11 is 8.26. The molecule has 29 heavy (non-hydrogen) atoms. The minimum Gasteiger partial charge on any atom is -0.307 e. The highest BCUT2D eigenvalue weighted by Crippen LogP contribution is 2.37. The Bertz CT molecular complexity index is 1000. The zero-order chi connectivity index (χ0) is 20.8. The molecule has 1 N–H and O–H groups in total. The molecule has 1 aliphatic heterocycles. The van der Waals surface area contributed by atoms with Gasteiger partial charge in [0.1, 0.15) is 10.0 Å². The van der Waals surface area contributed by atoms with Crippen molar-refractivity contribution in [3.8, 4) is 21.7 Å². The summed E-state index contributed by atoms with van der Waals surface area (Å²) in [5.74, 6) is 0.602. The molecule has 0 saturated carbocycles. The third kappa shape index (κ3) is 4.71. The summed E-state index contributed by atoms with van der Waals surface area (Å²) in [4.78, 5) is 0. The number of rotatable bonds is 4. The van der Waals surface area contributed by atoms with E-state index in [1.165, 1.54) is 0 Å². The molecule has 0 spiro atoms. The highest BCUT2D eigenvalue weighted by Gasteiger charge is 2.37. The van der Waals surface area contributed by atoms with E-state index < -0.39 is 0 Å². The van der Waals surface area contributed by atoms with Crippen molar-refractivity contribution in [2.45, 2.75) is 58.0 Å². The smallest absolute Gasteiger partial charge is 0.149 e. The molecule has 154 valence electrons. The number of hydrogen-bond acceptors (Lipinski definition) is 5. The molecule has 1 aliphatic rings. The quantitative estimate of drug-likeness (QED) is 0.606. The third-order valence-electron chi connectivity index (χ3n) is 5.44. The Hall–Kier alpha value is -1.76. The fraction of sp³-hybridized carbons (Fsp3) is 0.500. The van der Waals surface area contributed by atoms with E-state index in [4.69, 9.17) is 11.6 Å². The van der Waals surface area contributed by atoms with Crippen LogP contribution in [0.15, 0.2) is 30.6 Å². The average molecular weight is 430 g/mol. The van der Waals surface area contributed by atoms with Crippen molar-refractivity contribution < 1.29 is 0 Å². The van der Waals surface area contributed by atoms with Gasteiger partial charge >= 0.3 is 0 Å². The van der Waals surface area contributed by atoms with E-state index in [1.807, 2.05) is 31.6 Å². The van der Waals surface area contributed by atoms with Gasteiger partial charge in [0.25, 0.3) is 0 Å². The summed E-state index contributed by atoms with van der Waals surface area (Å²) in [7, 11) is 1.91. The molecule has 3 aromatic rings. The molecule has 2 aromatic heterocycles. The topological polar surface area (TPSA) is 55.6 Å². The second kappa shape index (κ2) is 7.49. The predicted octanol–water partition coefficient (Wildman–Crippen LogP) is 5.36. The number of benzene rings is 1. The highest BCUT2D eigenvalue weighted by atomic mass is 35.5. The van der Waals surface area contributed by atoms with Crippen LogP contribution in [0.25, 0.3) is 21.7 Å². The van der Waals surface area contributed by atoms with Gasteiger partial charge in [-0.1, -0.05) is 29.0 Å². The van der Waals surface area contributed by atoms with Crippen LogP contribution in [0, 0.1) is 5.92 Å². The van der Waals surface area contributed by atoms with Crippen molar-refractivity contribution in [3.05, 3.63) is 40.6 Å². The Balaban J connectivity index is 1.52. The Morgan fingerprint density at radius 1 is 1.14 bits per heavy atom. The van der Waals surface area contributed by atoms with Crippen LogP contribution < -0.4 is 5.32 Å². The Morgan fingerprint density at radius 2 is 1.86 bits per heavy atom. The van der Waals surface area contributed by atoms with Gasteiger partial charge in [0.05, 0.1) is 11.2 Å². The molecular formula is C22H28ClN5S. The molecule has 7 heteroatoms. The van der Waals surface area contributed by atoms with E-state index in [1.54, 1.807) is 16.0 Å². The molecule has 0 aliphatic carbocycles. The Morgan fingerprint density at radius 3 is 2.48 bits per heavy atom. The number of aromatic nitrogens is 4. The molecule has 0 amide bonds. The van der Waals surface area contributed by atoms with Crippen LogP contribution >= 0.6 is 22.9 Å². The number of nitrogens with zero attached hydrogens (tertiary/aromatic N) is 4. The number of nitrogens with one attached hydrogen (secondary N) is 1. The number of halogens is 1. The minimum absolute atomic E-state index is 0.144. The fourth-order valence-electron chi connectivity index (χ4n) is 4.81. The standard InChI is InChI=1S/C22H28ClN5S/c1-21(2)10-14(11-22(3,4)27-21)8-19-25-26-20(29-19)17-7-6-15(9-18(17)23)16-12-24-28(5)13-16/h6-7,9,12-14,27H,8,10-11H2,1-5H3. The van der Waals surface area contributed by atoms with Crippen LogP contribution in [0.4, 0.5) is 0 Å². The van der Waals surface area contributed by atoms with Gasteiger partial charge in [0.15, 0.2) is 0 Å². The molecule has 0 bridgehead atoms. The van der Waals surface area contributed by atoms with Crippen LogP contribution in [0.2, 0.25) is 5.02 Å². The summed E-state index contributed by atoms with van der Waals surface area (Å²) in [6.45, 7) is 9.15. The molecular weight excluding hydrogens is 402 g/mol. The van der Waals surface area contributed by atoms with E-state index in [-0.39, 0.29) is 11.1 Å². The third-order valence-corrected chi connectivity index (χ3v) is 6.73. The molecule has 0 radical (unpaired) electrons. The SMILES string of the molecule is Cn1cc(-c2ccc(-c3nnc(CC4CC(C)(C)NC(C)(C)C4)s3)c(Cl)c2)cn1. The number of aryl methyl sites for hydroxylation is 1. The normalized spacial score (nSPS) is 18.8. The second-order valence-electron chi connectivity index (χ2n) is 9.47. The van der Waals surface area contributed by atoms with Crippen molar-refractivity contribution in [2.75, 3.05) is 0 Å². The molecule has 4 rings (SSSR count). The molecule has 5 nitrogen and oxygen atoms in total. The molecule has 1 aromatic carbocycles. The first-order chi connectivity index (χ1) is 13.6. The van der Waals surface area contributed by atoms with E-state index in [9.17, 15) is 0 Å². The van der Waals surface area contributed by atoms with Crippen molar-refractivity contribution in [1.82, 2.24) is 25.3 Å². The molecule has 1 saturated heterocycles. The average Bonchev–Trinajstić information content (AvgIpc) is 3.21. The lowest BCUT2D eigenvalue weighted by atomic mass is 9.75. The first-order valence-corrected chi connectivity index (χ1v) is 11.2. The summed E-state index contributed by atoms with van der Waals surface area (Å²) < 4.78 is 1.79. The lowest BCUT2D eigenvalue weighted by Gasteiger charge is -2.46. The van der Waals surface area contributed by atoms with Crippen LogP contribution in [-0.4, -0.2) is 31.1 Å². The van der Waals surface area contributed by atoms with Gasteiger partial charge in [-0.15, -0.1) is 10.2 Å². The van der Waals surface area contributed by atoms with Gasteiger partial charge in [-0.3, -0.25) is 4.68 Å². The van der Waals surface area contributed by atoms with Crippen LogP contribution in [0.3, 0.4) is 0 Å². The first kappa shape index (κ1) is 20.5. The number of hydrogen-bond donors (Lipinski definition) is 1. The van der Waals surface area contributed by atoms with Crippen LogP contribution in [0.5, 0.6) is 0 Å². The van der Waals surface area contributed by atoms with E-state index in [0.717, 1.165) is 46.0 Å². The molecule has 1 fully saturated rings. The lowest BCUT2D eigenvalue weighted by molar-refractivity contribution is 0.128. The monoisotopic (exact) mass is 429 g/mol. The van der Waals surface area contributed by atoms with E-state index in [0.29, 0.717) is 10.9 Å². The summed E-state index contributed by atoms with van der Waals surface area (Å²) in [6, 6.07) is 6.08. The molecule has 0 atom stereocenters. The number of piperidine rings is 1. The van der Waals surface area contributed by atoms with Crippen LogP contribution in [-0.2, 0) is 13.5 Å². The second-order valence-corrected chi connectivity index (χ2v) is 10.9. The maximum absolute atomic E-state index is 6.60. The van der Waals surface area contributed by atoms with Gasteiger partial charge in [0, 0.05) is 41.9 Å². The van der Waals surface area contributed by atoms with Crippen LogP contribution in [0.1, 0.15) is 45.5 Å². The Labute approximate surface area is 181 Å². The van der Waals surface area contributed by atoms with Crippen molar-refractivity contribution >= 4 is 22.9 Å². The maximum atomic E-state index is 6.60.